The Kier molecular flexibility index (Phi) is 6.63. The molecule has 6 nitrogen and oxygen atoms in total. The van der Waals surface area contributed by atoms with Gasteiger partial charge in [0, 0.05) is 5.56 Å². The van der Waals surface area contributed by atoms with E-state index in [1.807, 2.05) is 5.32 Å². The normalized spacial score (nSPS) is 12.2. The summed E-state index contributed by atoms with van der Waals surface area (Å²) in [4.78, 5) is 22.9. The van der Waals surface area contributed by atoms with Gasteiger partial charge in [-0.2, -0.15) is 13.2 Å². The highest BCUT2D eigenvalue weighted by atomic mass is 19.4. The van der Waals surface area contributed by atoms with Gasteiger partial charge < -0.3 is 19.9 Å². The molecule has 1 rings (SSSR count). The van der Waals surface area contributed by atoms with Crippen molar-refractivity contribution in [3.05, 3.63) is 36.4 Å². The molecule has 0 fully saturated rings. The number of amides is 1. The molecule has 0 aliphatic heterocycles. The number of ether oxygens (including phenoxy) is 2. The number of carbonyl (C=O) groups excluding carboxylic acids is 1. The van der Waals surface area contributed by atoms with E-state index in [-0.39, 0.29) is 17.9 Å². The molecule has 0 spiro atoms. The van der Waals surface area contributed by atoms with Crippen molar-refractivity contribution in [2.24, 2.45) is 0 Å². The van der Waals surface area contributed by atoms with Crippen molar-refractivity contribution in [1.29, 1.82) is 0 Å². The lowest BCUT2D eigenvalue weighted by atomic mass is 10.1. The third-order valence-corrected chi connectivity index (χ3v) is 2.82. The van der Waals surface area contributed by atoms with Gasteiger partial charge in [-0.1, -0.05) is 12.7 Å². The molecule has 1 aromatic carbocycles. The van der Waals surface area contributed by atoms with Gasteiger partial charge in [-0.3, -0.25) is 4.79 Å². The van der Waals surface area contributed by atoms with Crippen LogP contribution in [0.25, 0.3) is 0 Å². The first kappa shape index (κ1) is 19.3. The molecule has 1 aromatic rings. The van der Waals surface area contributed by atoms with E-state index in [1.165, 1.54) is 31.4 Å². The summed E-state index contributed by atoms with van der Waals surface area (Å²) in [7, 11) is 1.32. The van der Waals surface area contributed by atoms with Crippen molar-refractivity contribution in [2.45, 2.75) is 18.6 Å². The summed E-state index contributed by atoms with van der Waals surface area (Å²) in [6, 6.07) is 1.82. The second-order valence-corrected chi connectivity index (χ2v) is 4.65. The average Bonchev–Trinajstić information content (AvgIpc) is 2.50. The molecular weight excluding hydrogens is 331 g/mol. The number of nitrogens with one attached hydrogen (secondary N) is 1. The minimum atomic E-state index is -4.73. The number of hydrogen-bond acceptors (Lipinski definition) is 4. The number of halogens is 3. The van der Waals surface area contributed by atoms with Crippen molar-refractivity contribution in [2.75, 3.05) is 13.7 Å². The molecular formula is C15H16F3NO5. The molecule has 24 heavy (non-hydrogen) atoms. The highest BCUT2D eigenvalue weighted by Crippen LogP contribution is 2.28. The van der Waals surface area contributed by atoms with Crippen LogP contribution in [-0.2, 0) is 4.79 Å². The van der Waals surface area contributed by atoms with E-state index in [0.29, 0.717) is 5.75 Å². The van der Waals surface area contributed by atoms with Gasteiger partial charge in [0.1, 0.15) is 12.6 Å². The zero-order chi connectivity index (χ0) is 18.3. The zero-order valence-corrected chi connectivity index (χ0v) is 12.7. The quantitative estimate of drug-likeness (QED) is 0.706. The van der Waals surface area contributed by atoms with Crippen LogP contribution in [0.2, 0.25) is 0 Å². The molecule has 0 aromatic heterocycles. The molecule has 2 N–H and O–H groups in total. The van der Waals surface area contributed by atoms with E-state index in [4.69, 9.17) is 14.6 Å². The number of carbonyl (C=O) groups is 2. The lowest BCUT2D eigenvalue weighted by molar-refractivity contribution is -0.157. The second-order valence-electron chi connectivity index (χ2n) is 4.65. The molecule has 1 atom stereocenters. The molecule has 9 heteroatoms. The van der Waals surface area contributed by atoms with Gasteiger partial charge in [0.15, 0.2) is 11.5 Å². The lowest BCUT2D eigenvalue weighted by Crippen LogP contribution is -2.43. The fourth-order valence-electron chi connectivity index (χ4n) is 1.75. The highest BCUT2D eigenvalue weighted by molar-refractivity contribution is 5.97. The number of hydrogen-bond donors (Lipinski definition) is 2. The van der Waals surface area contributed by atoms with Crippen LogP contribution >= 0.6 is 0 Å². The maximum atomic E-state index is 12.3. The Morgan fingerprint density at radius 2 is 2.04 bits per heavy atom. The van der Waals surface area contributed by atoms with Gasteiger partial charge in [-0.05, 0) is 18.2 Å². The third-order valence-electron chi connectivity index (χ3n) is 2.82. The topological polar surface area (TPSA) is 84.9 Å². The van der Waals surface area contributed by atoms with Crippen LogP contribution in [0.4, 0.5) is 13.2 Å². The SMILES string of the molecule is C=CCOc1ccc(C(=O)NC(CC(F)(F)F)C(=O)O)cc1OC. The number of aliphatic carboxylic acids is 1. The van der Waals surface area contributed by atoms with Crippen molar-refractivity contribution >= 4 is 11.9 Å². The predicted octanol–water partition coefficient (Wildman–Crippen LogP) is 2.40. The Bertz CT molecular complexity index is 616. The Morgan fingerprint density at radius 3 is 2.54 bits per heavy atom. The predicted molar refractivity (Wildman–Crippen MR) is 78.2 cm³/mol. The number of benzene rings is 1. The van der Waals surface area contributed by atoms with Crippen LogP contribution in [0, 0.1) is 0 Å². The molecule has 0 radical (unpaired) electrons. The first-order valence-electron chi connectivity index (χ1n) is 6.70. The molecule has 1 unspecified atom stereocenters. The van der Waals surface area contributed by atoms with Gasteiger partial charge in [0.2, 0.25) is 0 Å². The Hall–Kier alpha value is -2.71. The second kappa shape index (κ2) is 8.23. The number of rotatable bonds is 8. The molecule has 0 aliphatic carbocycles. The minimum absolute atomic E-state index is 0.0637. The summed E-state index contributed by atoms with van der Waals surface area (Å²) < 4.78 is 47.4. The molecule has 0 saturated carbocycles. The van der Waals surface area contributed by atoms with Crippen LogP contribution in [0.1, 0.15) is 16.8 Å². The summed E-state index contributed by atoms with van der Waals surface area (Å²) in [6.45, 7) is 3.67. The number of carboxylic acid groups (broad SMARTS) is 1. The van der Waals surface area contributed by atoms with Crippen molar-refractivity contribution in [3.8, 4) is 11.5 Å². The number of carboxylic acids is 1. The van der Waals surface area contributed by atoms with E-state index >= 15 is 0 Å². The molecule has 1 amide bonds. The molecule has 132 valence electrons. The smallest absolute Gasteiger partial charge is 0.391 e. The highest BCUT2D eigenvalue weighted by Gasteiger charge is 2.36. The Morgan fingerprint density at radius 1 is 1.38 bits per heavy atom. The summed E-state index contributed by atoms with van der Waals surface area (Å²) in [6.07, 6.45) is -4.91. The fraction of sp³-hybridized carbons (Fsp3) is 0.333. The van der Waals surface area contributed by atoms with Gasteiger partial charge in [0.05, 0.1) is 13.5 Å². The van der Waals surface area contributed by atoms with Crippen molar-refractivity contribution in [1.82, 2.24) is 5.32 Å². The monoisotopic (exact) mass is 347 g/mol. The van der Waals surface area contributed by atoms with Gasteiger partial charge in [0.25, 0.3) is 5.91 Å². The van der Waals surface area contributed by atoms with Gasteiger partial charge in [-0.25, -0.2) is 4.79 Å². The summed E-state index contributed by atoms with van der Waals surface area (Å²) >= 11 is 0. The van der Waals surface area contributed by atoms with Gasteiger partial charge >= 0.3 is 12.1 Å². The molecule has 0 aliphatic rings. The van der Waals surface area contributed by atoms with E-state index in [9.17, 15) is 22.8 Å². The van der Waals surface area contributed by atoms with E-state index < -0.39 is 30.5 Å². The standard InChI is InChI=1S/C15H16F3NO5/c1-3-6-24-11-5-4-9(7-12(11)23-2)13(20)19-10(14(21)22)8-15(16,17)18/h3-5,7,10H,1,6,8H2,2H3,(H,19,20)(H,21,22). The summed E-state index contributed by atoms with van der Waals surface area (Å²) in [5.74, 6) is -2.27. The lowest BCUT2D eigenvalue weighted by Gasteiger charge is -2.17. The van der Waals surface area contributed by atoms with Crippen molar-refractivity contribution in [3.63, 3.8) is 0 Å². The number of methoxy groups -OCH3 is 1. The molecule has 0 heterocycles. The number of alkyl halides is 3. The Labute approximate surface area is 135 Å². The first-order chi connectivity index (χ1) is 11.2. The largest absolute Gasteiger partial charge is 0.493 e. The van der Waals surface area contributed by atoms with Crippen LogP contribution in [0.5, 0.6) is 11.5 Å². The van der Waals surface area contributed by atoms with E-state index in [2.05, 4.69) is 6.58 Å². The minimum Gasteiger partial charge on any atom is -0.493 e. The van der Waals surface area contributed by atoms with E-state index in [1.54, 1.807) is 0 Å². The maximum absolute atomic E-state index is 12.3. The third kappa shape index (κ3) is 5.82. The van der Waals surface area contributed by atoms with Crippen LogP contribution < -0.4 is 14.8 Å². The maximum Gasteiger partial charge on any atom is 0.391 e. The molecule has 0 saturated heterocycles. The fourth-order valence-corrected chi connectivity index (χ4v) is 1.75. The summed E-state index contributed by atoms with van der Waals surface area (Å²) in [5, 5.41) is 10.6. The van der Waals surface area contributed by atoms with Crippen molar-refractivity contribution < 1.29 is 37.3 Å². The average molecular weight is 347 g/mol. The van der Waals surface area contributed by atoms with Crippen LogP contribution in [0.15, 0.2) is 30.9 Å². The Balaban J connectivity index is 2.93. The first-order valence-corrected chi connectivity index (χ1v) is 6.70. The van der Waals surface area contributed by atoms with Crippen LogP contribution in [-0.4, -0.2) is 42.9 Å². The van der Waals surface area contributed by atoms with E-state index in [0.717, 1.165) is 0 Å². The zero-order valence-electron chi connectivity index (χ0n) is 12.7. The summed E-state index contributed by atoms with van der Waals surface area (Å²) in [5.41, 5.74) is -0.0637. The molecule has 0 bridgehead atoms. The van der Waals surface area contributed by atoms with Gasteiger partial charge in [-0.15, -0.1) is 0 Å². The van der Waals surface area contributed by atoms with Crippen LogP contribution in [0.3, 0.4) is 0 Å².